The Hall–Kier alpha value is -1.95. The van der Waals surface area contributed by atoms with Gasteiger partial charge in [-0.2, -0.15) is 0 Å². The lowest BCUT2D eigenvalue weighted by atomic mass is 10.1. The maximum absolute atomic E-state index is 13.2. The second-order valence-electron chi connectivity index (χ2n) is 4.51. The number of carbonyl (C=O) groups excluding carboxylic acids is 1. The van der Waals surface area contributed by atoms with Crippen LogP contribution in [0.1, 0.15) is 18.4 Å². The molecule has 19 heavy (non-hydrogen) atoms. The molecular weight excluding hydrogens is 265 g/mol. The summed E-state index contributed by atoms with van der Waals surface area (Å²) in [5.41, 5.74) is 0.380. The zero-order valence-corrected chi connectivity index (χ0v) is 10.8. The molecule has 2 aromatic rings. The predicted octanol–water partition coefficient (Wildman–Crippen LogP) is 3.09. The second kappa shape index (κ2) is 4.62. The van der Waals surface area contributed by atoms with Gasteiger partial charge in [0.25, 0.3) is 0 Å². The van der Waals surface area contributed by atoms with Crippen molar-refractivity contribution in [1.29, 1.82) is 0 Å². The van der Waals surface area contributed by atoms with E-state index in [2.05, 4.69) is 15.6 Å². The van der Waals surface area contributed by atoms with Gasteiger partial charge in [-0.25, -0.2) is 14.2 Å². The first-order chi connectivity index (χ1) is 9.18. The molecule has 1 aliphatic rings. The van der Waals surface area contributed by atoms with E-state index in [1.807, 2.05) is 6.07 Å². The van der Waals surface area contributed by atoms with Crippen LogP contribution in [0, 0.1) is 5.82 Å². The third-order valence-corrected chi connectivity index (χ3v) is 3.82. The number of nitrogens with one attached hydrogen (secondary N) is 2. The number of aromatic nitrogens is 1. The van der Waals surface area contributed by atoms with Crippen LogP contribution in [0.3, 0.4) is 0 Å². The molecule has 4 nitrogen and oxygen atoms in total. The summed E-state index contributed by atoms with van der Waals surface area (Å²) in [6.07, 6.45) is 3.27. The van der Waals surface area contributed by atoms with Crippen molar-refractivity contribution in [2.24, 2.45) is 0 Å². The molecule has 0 saturated heterocycles. The van der Waals surface area contributed by atoms with Gasteiger partial charge < -0.3 is 5.32 Å². The molecule has 2 N–H and O–H groups in total. The normalized spacial score (nSPS) is 15.8. The van der Waals surface area contributed by atoms with Crippen LogP contribution >= 0.6 is 11.3 Å². The lowest BCUT2D eigenvalue weighted by Gasteiger charge is -2.17. The fourth-order valence-electron chi connectivity index (χ4n) is 2.03. The van der Waals surface area contributed by atoms with Crippen LogP contribution in [0.25, 0.3) is 0 Å². The molecule has 98 valence electrons. The zero-order chi connectivity index (χ0) is 13.3. The molecule has 3 rings (SSSR count). The van der Waals surface area contributed by atoms with E-state index in [1.54, 1.807) is 17.6 Å². The number of amides is 2. The average Bonchev–Trinajstić information content (AvgIpc) is 2.97. The summed E-state index contributed by atoms with van der Waals surface area (Å²) >= 11 is 1.35. The van der Waals surface area contributed by atoms with E-state index in [1.165, 1.54) is 23.5 Å². The summed E-state index contributed by atoms with van der Waals surface area (Å²) in [5.74, 6) is -0.286. The predicted molar refractivity (Wildman–Crippen MR) is 71.6 cm³/mol. The third kappa shape index (κ3) is 2.58. The minimum atomic E-state index is -0.427. The molecule has 0 bridgehead atoms. The highest BCUT2D eigenvalue weighted by Crippen LogP contribution is 2.45. The minimum absolute atomic E-state index is 0.286. The number of halogens is 1. The van der Waals surface area contributed by atoms with Gasteiger partial charge in [0.05, 0.1) is 5.54 Å². The van der Waals surface area contributed by atoms with Gasteiger partial charge >= 0.3 is 6.03 Å². The molecule has 0 spiro atoms. The van der Waals surface area contributed by atoms with Gasteiger partial charge in [-0.05, 0) is 30.5 Å². The number of rotatable bonds is 3. The number of hydrogen-bond donors (Lipinski definition) is 2. The lowest BCUT2D eigenvalue weighted by Crippen LogP contribution is -2.38. The van der Waals surface area contributed by atoms with Gasteiger partial charge in [0.1, 0.15) is 5.82 Å². The van der Waals surface area contributed by atoms with E-state index in [9.17, 15) is 9.18 Å². The standard InChI is InChI=1S/C13H12FN3OS/c14-10-3-1-2-9(8-10)13(4-5-13)17-11(18)16-12-15-6-7-19-12/h1-3,6-8H,4-5H2,(H2,15,16,17,18). The van der Waals surface area contributed by atoms with E-state index in [4.69, 9.17) is 0 Å². The Morgan fingerprint density at radius 3 is 2.89 bits per heavy atom. The average molecular weight is 277 g/mol. The fraction of sp³-hybridized carbons (Fsp3) is 0.231. The van der Waals surface area contributed by atoms with Crippen LogP contribution in [0.4, 0.5) is 14.3 Å². The first kappa shape index (κ1) is 12.1. The second-order valence-corrected chi connectivity index (χ2v) is 5.40. The molecule has 0 atom stereocenters. The Balaban J connectivity index is 1.70. The largest absolute Gasteiger partial charge is 0.328 e. The number of benzene rings is 1. The number of carbonyl (C=O) groups is 1. The topological polar surface area (TPSA) is 54.0 Å². The summed E-state index contributed by atoms with van der Waals surface area (Å²) < 4.78 is 13.2. The van der Waals surface area contributed by atoms with Crippen molar-refractivity contribution in [1.82, 2.24) is 10.3 Å². The molecule has 6 heteroatoms. The molecule has 0 unspecified atom stereocenters. The quantitative estimate of drug-likeness (QED) is 0.905. The molecule has 0 radical (unpaired) electrons. The highest BCUT2D eigenvalue weighted by atomic mass is 32.1. The van der Waals surface area contributed by atoms with Gasteiger partial charge in [0.2, 0.25) is 0 Å². The maximum atomic E-state index is 13.2. The number of urea groups is 1. The van der Waals surface area contributed by atoms with Crippen molar-refractivity contribution < 1.29 is 9.18 Å². The number of thiazole rings is 1. The molecule has 1 fully saturated rings. The third-order valence-electron chi connectivity index (χ3n) is 3.13. The fourth-order valence-corrected chi connectivity index (χ4v) is 2.55. The maximum Gasteiger partial charge on any atom is 0.321 e. The Morgan fingerprint density at radius 2 is 2.26 bits per heavy atom. The summed E-state index contributed by atoms with van der Waals surface area (Å²) in [5, 5.41) is 7.90. The van der Waals surface area contributed by atoms with Crippen LogP contribution in [0.15, 0.2) is 35.8 Å². The van der Waals surface area contributed by atoms with Crippen molar-refractivity contribution in [3.05, 3.63) is 47.2 Å². The van der Waals surface area contributed by atoms with Crippen LogP contribution in [-0.4, -0.2) is 11.0 Å². The molecule has 1 aliphatic carbocycles. The minimum Gasteiger partial charge on any atom is -0.328 e. The monoisotopic (exact) mass is 277 g/mol. The summed E-state index contributed by atoms with van der Waals surface area (Å²) in [6.45, 7) is 0. The van der Waals surface area contributed by atoms with Crippen LogP contribution < -0.4 is 10.6 Å². The van der Waals surface area contributed by atoms with Gasteiger partial charge in [-0.1, -0.05) is 12.1 Å². The van der Waals surface area contributed by atoms with Crippen molar-refractivity contribution in [3.63, 3.8) is 0 Å². The van der Waals surface area contributed by atoms with Crippen molar-refractivity contribution in [3.8, 4) is 0 Å². The Labute approximate surface area is 113 Å². The number of anilines is 1. The van der Waals surface area contributed by atoms with Crippen LogP contribution in [0.2, 0.25) is 0 Å². The molecule has 1 aromatic heterocycles. The first-order valence-corrected chi connectivity index (χ1v) is 6.81. The Morgan fingerprint density at radius 1 is 1.42 bits per heavy atom. The van der Waals surface area contributed by atoms with E-state index >= 15 is 0 Å². The van der Waals surface area contributed by atoms with E-state index < -0.39 is 5.54 Å². The molecule has 1 aromatic carbocycles. The SMILES string of the molecule is O=C(Nc1nccs1)NC1(c2cccc(F)c2)CC1. The van der Waals surface area contributed by atoms with Gasteiger partial charge in [-0.3, -0.25) is 5.32 Å². The number of hydrogen-bond acceptors (Lipinski definition) is 3. The molecular formula is C13H12FN3OS. The smallest absolute Gasteiger partial charge is 0.321 e. The summed E-state index contributed by atoms with van der Waals surface area (Å²) in [6, 6.07) is 6.05. The summed E-state index contributed by atoms with van der Waals surface area (Å²) in [7, 11) is 0. The Bertz CT molecular complexity index is 596. The summed E-state index contributed by atoms with van der Waals surface area (Å²) in [4.78, 5) is 15.9. The lowest BCUT2D eigenvalue weighted by molar-refractivity contribution is 0.247. The molecule has 2 amide bonds. The zero-order valence-electron chi connectivity index (χ0n) is 10.0. The molecule has 0 aliphatic heterocycles. The van der Waals surface area contributed by atoms with Gasteiger partial charge in [0.15, 0.2) is 5.13 Å². The van der Waals surface area contributed by atoms with Crippen molar-refractivity contribution >= 4 is 22.5 Å². The van der Waals surface area contributed by atoms with E-state index in [0.717, 1.165) is 18.4 Å². The van der Waals surface area contributed by atoms with Crippen molar-refractivity contribution in [2.45, 2.75) is 18.4 Å². The highest BCUT2D eigenvalue weighted by Gasteiger charge is 2.45. The van der Waals surface area contributed by atoms with Gasteiger partial charge in [-0.15, -0.1) is 11.3 Å². The highest BCUT2D eigenvalue weighted by molar-refractivity contribution is 7.13. The van der Waals surface area contributed by atoms with Crippen LogP contribution in [0.5, 0.6) is 0 Å². The van der Waals surface area contributed by atoms with Crippen LogP contribution in [-0.2, 0) is 5.54 Å². The number of nitrogens with zero attached hydrogens (tertiary/aromatic N) is 1. The molecule has 1 saturated carbocycles. The Kier molecular flexibility index (Phi) is 2.94. The van der Waals surface area contributed by atoms with Gasteiger partial charge in [0, 0.05) is 11.6 Å². The molecule has 1 heterocycles. The van der Waals surface area contributed by atoms with Crippen molar-refractivity contribution in [2.75, 3.05) is 5.32 Å². The first-order valence-electron chi connectivity index (χ1n) is 5.93. The van der Waals surface area contributed by atoms with E-state index in [-0.39, 0.29) is 11.8 Å². The van der Waals surface area contributed by atoms with E-state index in [0.29, 0.717) is 5.13 Å².